The summed E-state index contributed by atoms with van der Waals surface area (Å²) in [5.74, 6) is -0.320. The third kappa shape index (κ3) is 6.42. The van der Waals surface area contributed by atoms with Crippen molar-refractivity contribution in [1.29, 1.82) is 0 Å². The van der Waals surface area contributed by atoms with Crippen molar-refractivity contribution < 1.29 is 23.9 Å². The van der Waals surface area contributed by atoms with Gasteiger partial charge in [-0.3, -0.25) is 9.59 Å². The predicted molar refractivity (Wildman–Crippen MR) is 125 cm³/mol. The van der Waals surface area contributed by atoms with Gasteiger partial charge in [-0.1, -0.05) is 46.3 Å². The van der Waals surface area contributed by atoms with Crippen molar-refractivity contribution in [3.63, 3.8) is 0 Å². The van der Waals surface area contributed by atoms with Crippen LogP contribution in [0.15, 0.2) is 77.3 Å². The number of halogens is 1. The third-order valence-electron chi connectivity index (χ3n) is 4.34. The zero-order valence-electron chi connectivity index (χ0n) is 17.3. The average Bonchev–Trinajstić information content (AvgIpc) is 2.77. The number of para-hydroxylation sites is 2. The molecule has 0 fully saturated rings. The Balaban J connectivity index is 1.65. The van der Waals surface area contributed by atoms with Crippen LogP contribution in [0.1, 0.15) is 22.8 Å². The van der Waals surface area contributed by atoms with E-state index in [1.54, 1.807) is 31.2 Å². The van der Waals surface area contributed by atoms with Crippen LogP contribution < -0.4 is 15.4 Å². The summed E-state index contributed by atoms with van der Waals surface area (Å²) in [6.07, 6.45) is -0.622. The maximum atomic E-state index is 12.7. The third-order valence-corrected chi connectivity index (χ3v) is 5.11. The van der Waals surface area contributed by atoms with Crippen molar-refractivity contribution in [2.24, 2.45) is 0 Å². The van der Waals surface area contributed by atoms with Gasteiger partial charge in [-0.05, 0) is 55.0 Å². The van der Waals surface area contributed by atoms with Crippen LogP contribution in [0.2, 0.25) is 0 Å². The first-order valence-corrected chi connectivity index (χ1v) is 10.6. The Morgan fingerprint density at radius 2 is 1.47 bits per heavy atom. The van der Waals surface area contributed by atoms with E-state index < -0.39 is 6.16 Å². The largest absolute Gasteiger partial charge is 0.513 e. The SMILES string of the molecule is CCOC(=O)Oc1ccc(C(=O)Nc2ccccc2NC(=O)Cc2ccccc2Br)cc1. The van der Waals surface area contributed by atoms with Crippen molar-refractivity contribution in [2.75, 3.05) is 17.2 Å². The second-order valence-corrected chi connectivity index (χ2v) is 7.48. The van der Waals surface area contributed by atoms with Crippen LogP contribution >= 0.6 is 15.9 Å². The first-order chi connectivity index (χ1) is 15.5. The molecule has 3 rings (SSSR count). The molecule has 164 valence electrons. The molecule has 0 saturated carbocycles. The molecule has 0 saturated heterocycles. The lowest BCUT2D eigenvalue weighted by Gasteiger charge is -2.13. The molecule has 2 amide bonds. The minimum absolute atomic E-state index is 0.186. The Morgan fingerprint density at radius 3 is 2.12 bits per heavy atom. The fourth-order valence-electron chi connectivity index (χ4n) is 2.82. The lowest BCUT2D eigenvalue weighted by atomic mass is 10.1. The fraction of sp³-hybridized carbons (Fsp3) is 0.125. The molecule has 7 nitrogen and oxygen atoms in total. The quantitative estimate of drug-likeness (QED) is 0.336. The predicted octanol–water partition coefficient (Wildman–Crippen LogP) is 5.42. The Hall–Kier alpha value is -3.65. The van der Waals surface area contributed by atoms with Gasteiger partial charge in [0.25, 0.3) is 5.91 Å². The van der Waals surface area contributed by atoms with E-state index in [-0.39, 0.29) is 30.6 Å². The van der Waals surface area contributed by atoms with Crippen LogP contribution in [0, 0.1) is 0 Å². The molecule has 0 bridgehead atoms. The highest BCUT2D eigenvalue weighted by molar-refractivity contribution is 9.10. The molecule has 2 N–H and O–H groups in total. The molecule has 0 heterocycles. The van der Waals surface area contributed by atoms with Crippen LogP contribution in [0.25, 0.3) is 0 Å². The Labute approximate surface area is 193 Å². The number of benzene rings is 3. The van der Waals surface area contributed by atoms with E-state index in [2.05, 4.69) is 26.6 Å². The van der Waals surface area contributed by atoms with E-state index >= 15 is 0 Å². The van der Waals surface area contributed by atoms with Crippen molar-refractivity contribution in [2.45, 2.75) is 13.3 Å². The maximum Gasteiger partial charge on any atom is 0.513 e. The number of amides is 2. The Morgan fingerprint density at radius 1 is 0.844 bits per heavy atom. The molecule has 3 aromatic carbocycles. The summed E-state index contributed by atoms with van der Waals surface area (Å²) < 4.78 is 10.6. The normalized spacial score (nSPS) is 10.2. The number of carbonyl (C=O) groups excluding carboxylic acids is 3. The molecule has 8 heteroatoms. The van der Waals surface area contributed by atoms with Crippen LogP contribution in [-0.2, 0) is 16.0 Å². The summed E-state index contributed by atoms with van der Waals surface area (Å²) in [5, 5.41) is 5.63. The minimum Gasteiger partial charge on any atom is -0.434 e. The van der Waals surface area contributed by atoms with E-state index in [0.29, 0.717) is 16.9 Å². The summed E-state index contributed by atoms with van der Waals surface area (Å²) in [5.41, 5.74) is 2.16. The summed E-state index contributed by atoms with van der Waals surface area (Å²) >= 11 is 3.44. The topological polar surface area (TPSA) is 93.7 Å². The second kappa shape index (κ2) is 11.1. The van der Waals surface area contributed by atoms with Gasteiger partial charge in [-0.2, -0.15) is 0 Å². The molecule has 32 heavy (non-hydrogen) atoms. The van der Waals surface area contributed by atoms with Crippen LogP contribution in [-0.4, -0.2) is 24.6 Å². The molecule has 0 aliphatic carbocycles. The summed E-state index contributed by atoms with van der Waals surface area (Å²) in [6.45, 7) is 1.88. The average molecular weight is 497 g/mol. The second-order valence-electron chi connectivity index (χ2n) is 6.63. The number of ether oxygens (including phenoxy) is 2. The van der Waals surface area contributed by atoms with Crippen molar-refractivity contribution in [3.05, 3.63) is 88.4 Å². The number of carbonyl (C=O) groups is 3. The van der Waals surface area contributed by atoms with Gasteiger partial charge in [-0.25, -0.2) is 4.79 Å². The standard InChI is InChI=1S/C24H21BrN2O5/c1-2-31-24(30)32-18-13-11-16(12-14-18)23(29)27-21-10-6-5-9-20(21)26-22(28)15-17-7-3-4-8-19(17)25/h3-14H,2,15H2,1H3,(H,26,28)(H,27,29). The van der Waals surface area contributed by atoms with E-state index in [9.17, 15) is 14.4 Å². The molecular formula is C24H21BrN2O5. The highest BCUT2D eigenvalue weighted by Gasteiger charge is 2.13. The first kappa shape index (κ1) is 23.0. The van der Waals surface area contributed by atoms with Gasteiger partial charge in [0, 0.05) is 10.0 Å². The molecule has 0 aliphatic rings. The Bertz CT molecular complexity index is 1120. The maximum absolute atomic E-state index is 12.7. The highest BCUT2D eigenvalue weighted by atomic mass is 79.9. The zero-order valence-corrected chi connectivity index (χ0v) is 18.8. The molecule has 3 aromatic rings. The molecule has 0 aromatic heterocycles. The van der Waals surface area contributed by atoms with Crippen molar-refractivity contribution in [1.82, 2.24) is 0 Å². The highest BCUT2D eigenvalue weighted by Crippen LogP contribution is 2.23. The van der Waals surface area contributed by atoms with Crippen molar-refractivity contribution >= 4 is 45.3 Å². The smallest absolute Gasteiger partial charge is 0.434 e. The Kier molecular flexibility index (Phi) is 7.99. The van der Waals surface area contributed by atoms with E-state index in [1.807, 2.05) is 24.3 Å². The van der Waals surface area contributed by atoms with E-state index in [0.717, 1.165) is 10.0 Å². The summed E-state index contributed by atoms with van der Waals surface area (Å²) in [7, 11) is 0. The number of hydrogen-bond donors (Lipinski definition) is 2. The minimum atomic E-state index is -0.808. The molecule has 0 unspecified atom stereocenters. The molecule has 0 aliphatic heterocycles. The fourth-order valence-corrected chi connectivity index (χ4v) is 3.25. The molecular weight excluding hydrogens is 476 g/mol. The van der Waals surface area contributed by atoms with Gasteiger partial charge in [0.1, 0.15) is 5.75 Å². The number of rotatable bonds is 7. The van der Waals surface area contributed by atoms with E-state index in [1.165, 1.54) is 24.3 Å². The lowest BCUT2D eigenvalue weighted by molar-refractivity contribution is -0.115. The van der Waals surface area contributed by atoms with Crippen LogP contribution in [0.3, 0.4) is 0 Å². The number of anilines is 2. The first-order valence-electron chi connectivity index (χ1n) is 9.84. The van der Waals surface area contributed by atoms with Gasteiger partial charge in [0.15, 0.2) is 0 Å². The van der Waals surface area contributed by atoms with Gasteiger partial charge in [0.2, 0.25) is 5.91 Å². The van der Waals surface area contributed by atoms with Crippen molar-refractivity contribution in [3.8, 4) is 5.75 Å². The summed E-state index contributed by atoms with van der Waals surface area (Å²) in [6, 6.07) is 20.5. The number of nitrogens with one attached hydrogen (secondary N) is 2. The van der Waals surface area contributed by atoms with Gasteiger partial charge in [-0.15, -0.1) is 0 Å². The summed E-state index contributed by atoms with van der Waals surface area (Å²) in [4.78, 5) is 36.6. The van der Waals surface area contributed by atoms with Gasteiger partial charge >= 0.3 is 6.16 Å². The van der Waals surface area contributed by atoms with Gasteiger partial charge < -0.3 is 20.1 Å². The number of hydrogen-bond acceptors (Lipinski definition) is 5. The zero-order chi connectivity index (χ0) is 22.9. The molecule has 0 atom stereocenters. The van der Waals surface area contributed by atoms with Crippen LogP contribution in [0.5, 0.6) is 5.75 Å². The van der Waals surface area contributed by atoms with Crippen LogP contribution in [0.4, 0.5) is 16.2 Å². The molecule has 0 spiro atoms. The monoisotopic (exact) mass is 496 g/mol. The lowest BCUT2D eigenvalue weighted by Crippen LogP contribution is -2.18. The van der Waals surface area contributed by atoms with E-state index in [4.69, 9.17) is 9.47 Å². The molecule has 0 radical (unpaired) electrons. The van der Waals surface area contributed by atoms with Gasteiger partial charge in [0.05, 0.1) is 24.4 Å².